The molecule has 0 N–H and O–H groups in total. The summed E-state index contributed by atoms with van der Waals surface area (Å²) in [6.45, 7) is 0. The van der Waals surface area contributed by atoms with Crippen molar-refractivity contribution < 1.29 is 4.42 Å². The van der Waals surface area contributed by atoms with Crippen LogP contribution in [0.3, 0.4) is 0 Å². The zero-order chi connectivity index (χ0) is 34.9. The van der Waals surface area contributed by atoms with E-state index in [2.05, 4.69) is 146 Å². The molecule has 11 rings (SSSR count). The van der Waals surface area contributed by atoms with Crippen molar-refractivity contribution in [3.8, 4) is 45.3 Å². The van der Waals surface area contributed by atoms with Crippen LogP contribution in [0, 0.1) is 0 Å². The highest BCUT2D eigenvalue weighted by molar-refractivity contribution is 6.21. The zero-order valence-electron chi connectivity index (χ0n) is 28.5. The molecule has 0 saturated carbocycles. The molecule has 0 saturated heterocycles. The summed E-state index contributed by atoms with van der Waals surface area (Å²) in [7, 11) is 0. The summed E-state index contributed by atoms with van der Waals surface area (Å²) in [5, 5.41) is 11.6. The van der Waals surface area contributed by atoms with E-state index in [9.17, 15) is 0 Å². The molecule has 0 spiro atoms. The van der Waals surface area contributed by atoms with Gasteiger partial charge >= 0.3 is 0 Å². The standard InChI is InChI=1S/C49H29N3O/c1-3-12-30(13-4-1)43-29-44-41-20-11-21-42(45(41)53-46(44)40-19-10-9-18-37(40)43)49-51-47(32-15-5-2-6-16-32)50-48(52-49)34-24-25-36-33(28-34)23-27-38-35-17-8-7-14-31(35)22-26-39(36)38/h1-29H. The number of furan rings is 1. The Morgan fingerprint density at radius 3 is 1.64 bits per heavy atom. The molecule has 2 heterocycles. The molecule has 4 nitrogen and oxygen atoms in total. The van der Waals surface area contributed by atoms with Crippen molar-refractivity contribution >= 4 is 65.0 Å². The van der Waals surface area contributed by atoms with Crippen LogP contribution in [0.4, 0.5) is 0 Å². The Bertz CT molecular complexity index is 3220. The maximum Gasteiger partial charge on any atom is 0.167 e. The van der Waals surface area contributed by atoms with Gasteiger partial charge in [-0.2, -0.15) is 0 Å². The Balaban J connectivity index is 1.13. The van der Waals surface area contributed by atoms with Crippen LogP contribution in [0.1, 0.15) is 0 Å². The normalized spacial score (nSPS) is 11.8. The molecule has 0 amide bonds. The van der Waals surface area contributed by atoms with Crippen molar-refractivity contribution in [2.75, 3.05) is 0 Å². The van der Waals surface area contributed by atoms with Crippen molar-refractivity contribution in [2.45, 2.75) is 0 Å². The van der Waals surface area contributed by atoms with Gasteiger partial charge in [-0.15, -0.1) is 0 Å². The van der Waals surface area contributed by atoms with Crippen LogP contribution in [0.5, 0.6) is 0 Å². The fraction of sp³-hybridized carbons (Fsp3) is 0. The van der Waals surface area contributed by atoms with Crippen LogP contribution < -0.4 is 0 Å². The first-order valence-electron chi connectivity index (χ1n) is 17.9. The maximum atomic E-state index is 6.86. The molecule has 11 aromatic rings. The minimum Gasteiger partial charge on any atom is -0.455 e. The molecular weight excluding hydrogens is 647 g/mol. The van der Waals surface area contributed by atoms with Gasteiger partial charge < -0.3 is 4.42 Å². The first-order chi connectivity index (χ1) is 26.3. The van der Waals surface area contributed by atoms with Gasteiger partial charge in [0.1, 0.15) is 11.2 Å². The van der Waals surface area contributed by atoms with Gasteiger partial charge in [0.05, 0.1) is 5.56 Å². The van der Waals surface area contributed by atoms with Crippen molar-refractivity contribution in [2.24, 2.45) is 0 Å². The highest BCUT2D eigenvalue weighted by Crippen LogP contribution is 2.42. The van der Waals surface area contributed by atoms with Gasteiger partial charge in [-0.25, -0.2) is 15.0 Å². The third-order valence-electron chi connectivity index (χ3n) is 10.5. The van der Waals surface area contributed by atoms with Gasteiger partial charge in [0, 0.05) is 27.3 Å². The average molecular weight is 676 g/mol. The second-order valence-electron chi connectivity index (χ2n) is 13.6. The Hall–Kier alpha value is -7.17. The number of aromatic nitrogens is 3. The summed E-state index contributed by atoms with van der Waals surface area (Å²) >= 11 is 0. The average Bonchev–Trinajstić information content (AvgIpc) is 3.62. The van der Waals surface area contributed by atoms with Gasteiger partial charge in [0.2, 0.25) is 0 Å². The lowest BCUT2D eigenvalue weighted by Gasteiger charge is -2.11. The number of hydrogen-bond donors (Lipinski definition) is 0. The summed E-state index contributed by atoms with van der Waals surface area (Å²) in [5.74, 6) is 1.79. The molecule has 0 fully saturated rings. The highest BCUT2D eigenvalue weighted by Gasteiger charge is 2.20. The van der Waals surface area contributed by atoms with E-state index in [1.807, 2.05) is 30.3 Å². The van der Waals surface area contributed by atoms with E-state index in [4.69, 9.17) is 19.4 Å². The molecule has 2 aromatic heterocycles. The molecule has 246 valence electrons. The minimum absolute atomic E-state index is 0.566. The van der Waals surface area contributed by atoms with Crippen LogP contribution in [0.15, 0.2) is 180 Å². The molecule has 9 aromatic carbocycles. The van der Waals surface area contributed by atoms with Crippen molar-refractivity contribution in [3.63, 3.8) is 0 Å². The van der Waals surface area contributed by atoms with Gasteiger partial charge in [0.25, 0.3) is 0 Å². The Labute approximate surface area is 304 Å². The van der Waals surface area contributed by atoms with Gasteiger partial charge in [-0.3, -0.25) is 0 Å². The Morgan fingerprint density at radius 2 is 0.849 bits per heavy atom. The summed E-state index contributed by atoms with van der Waals surface area (Å²) < 4.78 is 6.86. The first kappa shape index (κ1) is 29.5. The number of para-hydroxylation sites is 1. The predicted molar refractivity (Wildman–Crippen MR) is 219 cm³/mol. The summed E-state index contributed by atoms with van der Waals surface area (Å²) in [6.07, 6.45) is 0. The van der Waals surface area contributed by atoms with E-state index in [1.165, 1.54) is 38.1 Å². The molecule has 53 heavy (non-hydrogen) atoms. The van der Waals surface area contributed by atoms with E-state index in [0.29, 0.717) is 17.5 Å². The fourth-order valence-electron chi connectivity index (χ4n) is 7.96. The van der Waals surface area contributed by atoms with Crippen molar-refractivity contribution in [1.82, 2.24) is 15.0 Å². The molecule has 0 aliphatic heterocycles. The molecule has 0 atom stereocenters. The third kappa shape index (κ3) is 4.73. The highest BCUT2D eigenvalue weighted by atomic mass is 16.3. The third-order valence-corrected chi connectivity index (χ3v) is 10.5. The van der Waals surface area contributed by atoms with Crippen LogP contribution in [-0.2, 0) is 0 Å². The SMILES string of the molecule is c1ccc(-c2nc(-c3ccc4c(ccc5c6ccccc6ccc45)c3)nc(-c3cccc4c3oc3c5ccccc5c(-c5ccccc5)cc43)n2)cc1. The largest absolute Gasteiger partial charge is 0.455 e. The lowest BCUT2D eigenvalue weighted by Crippen LogP contribution is -2.00. The summed E-state index contributed by atoms with van der Waals surface area (Å²) in [4.78, 5) is 15.3. The van der Waals surface area contributed by atoms with E-state index in [1.54, 1.807) is 0 Å². The van der Waals surface area contributed by atoms with E-state index >= 15 is 0 Å². The molecule has 0 radical (unpaired) electrons. The number of nitrogens with zero attached hydrogens (tertiary/aromatic N) is 3. The molecular formula is C49H29N3O. The van der Waals surface area contributed by atoms with E-state index < -0.39 is 0 Å². The van der Waals surface area contributed by atoms with Gasteiger partial charge in [-0.1, -0.05) is 158 Å². The van der Waals surface area contributed by atoms with Crippen molar-refractivity contribution in [1.29, 1.82) is 0 Å². The number of rotatable bonds is 4. The predicted octanol–water partition coefficient (Wildman–Crippen LogP) is 13.1. The molecule has 4 heteroatoms. The Kier molecular flexibility index (Phi) is 6.52. The summed E-state index contributed by atoms with van der Waals surface area (Å²) in [6, 6.07) is 61.6. The maximum absolute atomic E-state index is 6.86. The molecule has 0 aliphatic carbocycles. The molecule has 0 unspecified atom stereocenters. The lowest BCUT2D eigenvalue weighted by molar-refractivity contribution is 0.673. The number of benzene rings is 9. The quantitative estimate of drug-likeness (QED) is 0.174. The first-order valence-corrected chi connectivity index (χ1v) is 17.9. The van der Waals surface area contributed by atoms with Crippen LogP contribution in [0.25, 0.3) is 110 Å². The van der Waals surface area contributed by atoms with Crippen LogP contribution in [0.2, 0.25) is 0 Å². The smallest absolute Gasteiger partial charge is 0.167 e. The van der Waals surface area contributed by atoms with Crippen LogP contribution >= 0.6 is 0 Å². The minimum atomic E-state index is 0.566. The van der Waals surface area contributed by atoms with Crippen LogP contribution in [-0.4, -0.2) is 15.0 Å². The van der Waals surface area contributed by atoms with Gasteiger partial charge in [-0.05, 0) is 67.0 Å². The van der Waals surface area contributed by atoms with Crippen molar-refractivity contribution in [3.05, 3.63) is 176 Å². The Morgan fingerprint density at radius 1 is 0.283 bits per heavy atom. The second-order valence-corrected chi connectivity index (χ2v) is 13.6. The fourth-order valence-corrected chi connectivity index (χ4v) is 7.96. The van der Waals surface area contributed by atoms with E-state index in [0.717, 1.165) is 54.8 Å². The zero-order valence-corrected chi connectivity index (χ0v) is 28.5. The van der Waals surface area contributed by atoms with E-state index in [-0.39, 0.29) is 0 Å². The number of fused-ring (bicyclic) bond motifs is 10. The summed E-state index contributed by atoms with van der Waals surface area (Å²) in [5.41, 5.74) is 6.63. The molecule has 0 aliphatic rings. The topological polar surface area (TPSA) is 51.8 Å². The lowest BCUT2D eigenvalue weighted by atomic mass is 9.95. The van der Waals surface area contributed by atoms with Gasteiger partial charge in [0.15, 0.2) is 17.5 Å². The second kappa shape index (κ2) is 11.7. The molecule has 0 bridgehead atoms. The monoisotopic (exact) mass is 675 g/mol. The number of hydrogen-bond acceptors (Lipinski definition) is 4.